The number of carbonyl (C=O) groups excluding carboxylic acids is 1. The van der Waals surface area contributed by atoms with Gasteiger partial charge >= 0.3 is 6.18 Å². The third-order valence-corrected chi connectivity index (χ3v) is 6.61. The van der Waals surface area contributed by atoms with Gasteiger partial charge in [-0.2, -0.15) is 13.2 Å². The maximum atomic E-state index is 13.5. The number of rotatable bonds is 5. The van der Waals surface area contributed by atoms with Gasteiger partial charge in [-0.3, -0.25) is 14.6 Å². The lowest BCUT2D eigenvalue weighted by atomic mass is 10.2. The van der Waals surface area contributed by atoms with Crippen molar-refractivity contribution in [1.29, 1.82) is 0 Å². The Kier molecular flexibility index (Phi) is 5.81. The molecule has 0 radical (unpaired) electrons. The molecule has 1 fully saturated rings. The van der Waals surface area contributed by atoms with Crippen LogP contribution in [0.25, 0.3) is 21.2 Å². The first-order valence-corrected chi connectivity index (χ1v) is 11.3. The maximum absolute atomic E-state index is 13.5. The Labute approximate surface area is 191 Å². The minimum atomic E-state index is -4.54. The molecule has 2 aromatic heterocycles. The Bertz CT molecular complexity index is 1260. The van der Waals surface area contributed by atoms with E-state index in [9.17, 15) is 18.0 Å². The molecule has 33 heavy (non-hydrogen) atoms. The molecule has 0 spiro atoms. The largest absolute Gasteiger partial charge is 0.451 e. The van der Waals surface area contributed by atoms with Gasteiger partial charge < -0.3 is 9.15 Å². The highest BCUT2D eigenvalue weighted by Gasteiger charge is 2.34. The lowest BCUT2D eigenvalue weighted by Gasteiger charge is -2.28. The Morgan fingerprint density at radius 3 is 2.67 bits per heavy atom. The van der Waals surface area contributed by atoms with Gasteiger partial charge in [-0.05, 0) is 24.3 Å². The smallest absolute Gasteiger partial charge is 0.418 e. The SMILES string of the molecule is O=C(c1cc2ccccc2o1)N(CCN1CCOCC1)c1nc2c(C(F)(F)F)cccc2s1. The van der Waals surface area contributed by atoms with Crippen LogP contribution in [0.3, 0.4) is 0 Å². The fourth-order valence-electron chi connectivity index (χ4n) is 3.85. The topological polar surface area (TPSA) is 58.8 Å². The summed E-state index contributed by atoms with van der Waals surface area (Å²) in [6.45, 7) is 3.46. The van der Waals surface area contributed by atoms with E-state index in [0.717, 1.165) is 35.9 Å². The highest BCUT2D eigenvalue weighted by molar-refractivity contribution is 7.22. The average Bonchev–Trinajstić information content (AvgIpc) is 3.43. The number of aromatic nitrogens is 1. The maximum Gasteiger partial charge on any atom is 0.418 e. The molecule has 172 valence electrons. The molecular formula is C23H20F3N3O3S. The van der Waals surface area contributed by atoms with Crippen LogP contribution in [0.1, 0.15) is 16.1 Å². The second kappa shape index (κ2) is 8.77. The van der Waals surface area contributed by atoms with Crippen molar-refractivity contribution in [2.75, 3.05) is 44.3 Å². The lowest BCUT2D eigenvalue weighted by Crippen LogP contribution is -2.43. The van der Waals surface area contributed by atoms with E-state index in [1.165, 1.54) is 11.0 Å². The molecule has 4 aromatic rings. The number of halogens is 3. The summed E-state index contributed by atoms with van der Waals surface area (Å²) < 4.78 is 52.0. The number of carbonyl (C=O) groups is 1. The highest BCUT2D eigenvalue weighted by atomic mass is 32.1. The number of hydrogen-bond acceptors (Lipinski definition) is 6. The van der Waals surface area contributed by atoms with E-state index >= 15 is 0 Å². The van der Waals surface area contributed by atoms with E-state index in [2.05, 4.69) is 9.88 Å². The number of thiazole rings is 1. The summed E-state index contributed by atoms with van der Waals surface area (Å²) in [5, 5.41) is 0.984. The molecular weight excluding hydrogens is 455 g/mol. The number of ether oxygens (including phenoxy) is 1. The van der Waals surface area contributed by atoms with Crippen molar-refractivity contribution in [2.45, 2.75) is 6.18 Å². The lowest BCUT2D eigenvalue weighted by molar-refractivity contribution is -0.136. The molecule has 1 aliphatic rings. The van der Waals surface area contributed by atoms with Crippen molar-refractivity contribution in [3.63, 3.8) is 0 Å². The van der Waals surface area contributed by atoms with Crippen LogP contribution in [-0.4, -0.2) is 55.2 Å². The van der Waals surface area contributed by atoms with Crippen LogP contribution in [0.4, 0.5) is 18.3 Å². The number of furan rings is 1. The second-order valence-corrected chi connectivity index (χ2v) is 8.71. The van der Waals surface area contributed by atoms with Crippen molar-refractivity contribution in [1.82, 2.24) is 9.88 Å². The molecule has 0 bridgehead atoms. The predicted octanol–water partition coefficient (Wildman–Crippen LogP) is 5.04. The fourth-order valence-corrected chi connectivity index (χ4v) is 4.87. The molecule has 5 rings (SSSR count). The van der Waals surface area contributed by atoms with Crippen LogP contribution >= 0.6 is 11.3 Å². The molecule has 0 aliphatic carbocycles. The molecule has 0 N–H and O–H groups in total. The summed E-state index contributed by atoms with van der Waals surface area (Å²) in [6, 6.07) is 12.8. The van der Waals surface area contributed by atoms with Crippen molar-refractivity contribution >= 4 is 43.6 Å². The van der Waals surface area contributed by atoms with Gasteiger partial charge in [0, 0.05) is 31.6 Å². The number of amides is 1. The third-order valence-electron chi connectivity index (χ3n) is 5.57. The first-order chi connectivity index (χ1) is 15.9. The van der Waals surface area contributed by atoms with Gasteiger partial charge in [0.1, 0.15) is 5.58 Å². The Morgan fingerprint density at radius 1 is 1.12 bits per heavy atom. The minimum Gasteiger partial charge on any atom is -0.451 e. The number of fused-ring (bicyclic) bond motifs is 2. The third kappa shape index (κ3) is 4.46. The van der Waals surface area contributed by atoms with E-state index < -0.39 is 17.6 Å². The van der Waals surface area contributed by atoms with Crippen molar-refractivity contribution in [2.24, 2.45) is 0 Å². The monoisotopic (exact) mass is 475 g/mol. The molecule has 6 nitrogen and oxygen atoms in total. The van der Waals surface area contributed by atoms with Crippen LogP contribution < -0.4 is 4.90 Å². The van der Waals surface area contributed by atoms with E-state index in [0.29, 0.717) is 30.0 Å². The quantitative estimate of drug-likeness (QED) is 0.405. The molecule has 10 heteroatoms. The van der Waals surface area contributed by atoms with Crippen LogP contribution in [0.2, 0.25) is 0 Å². The summed E-state index contributed by atoms with van der Waals surface area (Å²) >= 11 is 1.06. The van der Waals surface area contributed by atoms with Crippen molar-refractivity contribution in [3.8, 4) is 0 Å². The number of benzene rings is 2. The summed E-state index contributed by atoms with van der Waals surface area (Å²) in [4.78, 5) is 21.3. The number of nitrogens with zero attached hydrogens (tertiary/aromatic N) is 3. The normalized spacial score (nSPS) is 15.4. The molecule has 0 atom stereocenters. The van der Waals surface area contributed by atoms with Crippen molar-refractivity contribution in [3.05, 3.63) is 59.9 Å². The van der Waals surface area contributed by atoms with E-state index in [-0.39, 0.29) is 23.0 Å². The van der Waals surface area contributed by atoms with Gasteiger partial charge in [0.25, 0.3) is 5.91 Å². The molecule has 1 amide bonds. The van der Waals surface area contributed by atoms with Crippen molar-refractivity contribution < 1.29 is 27.1 Å². The van der Waals surface area contributed by atoms with Gasteiger partial charge in [0.2, 0.25) is 0 Å². The van der Waals surface area contributed by atoms with Gasteiger partial charge in [-0.1, -0.05) is 35.6 Å². The van der Waals surface area contributed by atoms with Crippen LogP contribution in [0.15, 0.2) is 52.9 Å². The predicted molar refractivity (Wildman–Crippen MR) is 120 cm³/mol. The number of hydrogen-bond donors (Lipinski definition) is 0. The Hall–Kier alpha value is -2.95. The molecule has 1 aliphatic heterocycles. The van der Waals surface area contributed by atoms with E-state index in [1.54, 1.807) is 18.2 Å². The molecule has 3 heterocycles. The zero-order valence-corrected chi connectivity index (χ0v) is 18.3. The zero-order valence-electron chi connectivity index (χ0n) is 17.5. The highest BCUT2D eigenvalue weighted by Crippen LogP contribution is 2.38. The molecule has 1 saturated heterocycles. The van der Waals surface area contributed by atoms with Crippen LogP contribution in [0.5, 0.6) is 0 Å². The standard InChI is InChI=1S/C23H20F3N3O3S/c24-23(25,26)16-5-3-7-19-20(16)27-22(33-19)29(9-8-28-10-12-31-13-11-28)21(30)18-14-15-4-1-2-6-17(15)32-18/h1-7,14H,8-13H2. The zero-order chi connectivity index (χ0) is 23.0. The number of anilines is 1. The Morgan fingerprint density at radius 2 is 1.91 bits per heavy atom. The van der Waals surface area contributed by atoms with Gasteiger partial charge in [0.05, 0.1) is 29.0 Å². The average molecular weight is 475 g/mol. The Balaban J connectivity index is 1.52. The molecule has 0 unspecified atom stereocenters. The molecule has 2 aromatic carbocycles. The fraction of sp³-hybridized carbons (Fsp3) is 0.304. The summed E-state index contributed by atoms with van der Waals surface area (Å²) in [7, 11) is 0. The van der Waals surface area contributed by atoms with Gasteiger partial charge in [-0.25, -0.2) is 4.98 Å². The van der Waals surface area contributed by atoms with E-state index in [1.807, 2.05) is 18.2 Å². The summed E-state index contributed by atoms with van der Waals surface area (Å²) in [5.74, 6) is -0.319. The van der Waals surface area contributed by atoms with Gasteiger partial charge in [0.15, 0.2) is 10.9 Å². The van der Waals surface area contributed by atoms with Crippen LogP contribution in [-0.2, 0) is 10.9 Å². The number of para-hydroxylation sites is 2. The summed E-state index contributed by atoms with van der Waals surface area (Å²) in [5.41, 5.74) is -0.400. The van der Waals surface area contributed by atoms with E-state index in [4.69, 9.17) is 9.15 Å². The second-order valence-electron chi connectivity index (χ2n) is 7.71. The van der Waals surface area contributed by atoms with Crippen LogP contribution in [0, 0.1) is 0 Å². The minimum absolute atomic E-state index is 0.119. The summed E-state index contributed by atoms with van der Waals surface area (Å²) in [6.07, 6.45) is -4.54. The number of morpholine rings is 1. The number of alkyl halides is 3. The first-order valence-electron chi connectivity index (χ1n) is 10.5. The molecule has 0 saturated carbocycles. The van der Waals surface area contributed by atoms with Gasteiger partial charge in [-0.15, -0.1) is 0 Å². The first kappa shape index (κ1) is 21.9.